The van der Waals surface area contributed by atoms with Crippen molar-refractivity contribution in [2.75, 3.05) is 30.8 Å². The van der Waals surface area contributed by atoms with Gasteiger partial charge in [-0.2, -0.15) is 0 Å². The van der Waals surface area contributed by atoms with Gasteiger partial charge in [0.25, 0.3) is 5.91 Å². The van der Waals surface area contributed by atoms with Gasteiger partial charge in [0.2, 0.25) is 5.16 Å². The molecule has 0 atom stereocenters. The number of amides is 1. The van der Waals surface area contributed by atoms with Crippen LogP contribution in [0.15, 0.2) is 41.6 Å². The number of aryl methyl sites for hydroxylation is 2. The number of aromatic nitrogens is 4. The van der Waals surface area contributed by atoms with Gasteiger partial charge < -0.3 is 20.1 Å². The van der Waals surface area contributed by atoms with Crippen LogP contribution in [0.5, 0.6) is 11.5 Å². The van der Waals surface area contributed by atoms with Crippen LogP contribution in [-0.4, -0.2) is 51.6 Å². The van der Waals surface area contributed by atoms with Gasteiger partial charge in [0.15, 0.2) is 18.1 Å². The lowest BCUT2D eigenvalue weighted by molar-refractivity contribution is -0.118. The number of halogens is 1. The van der Waals surface area contributed by atoms with E-state index in [4.69, 9.17) is 21.1 Å². The van der Waals surface area contributed by atoms with E-state index < -0.39 is 0 Å². The molecule has 0 aliphatic carbocycles. The van der Waals surface area contributed by atoms with E-state index in [1.54, 1.807) is 22.5 Å². The SMILES string of the molecule is CCOc1cc(CNCCCSc2nnnn2C)c(Cl)cc1OCC(=O)Nc1ccc(C)cc1. The van der Waals surface area contributed by atoms with Crippen LogP contribution in [0.3, 0.4) is 0 Å². The maximum Gasteiger partial charge on any atom is 0.262 e. The average molecular weight is 505 g/mol. The fourth-order valence-electron chi connectivity index (χ4n) is 3.00. The molecule has 182 valence electrons. The van der Waals surface area contributed by atoms with E-state index in [1.807, 2.05) is 51.2 Å². The van der Waals surface area contributed by atoms with Crippen molar-refractivity contribution in [1.29, 1.82) is 0 Å². The number of carbonyl (C=O) groups is 1. The zero-order valence-corrected chi connectivity index (χ0v) is 21.1. The van der Waals surface area contributed by atoms with E-state index >= 15 is 0 Å². The summed E-state index contributed by atoms with van der Waals surface area (Å²) in [5, 5.41) is 18.9. The summed E-state index contributed by atoms with van der Waals surface area (Å²) in [6, 6.07) is 11.1. The maximum atomic E-state index is 12.3. The van der Waals surface area contributed by atoms with E-state index in [-0.39, 0.29) is 12.5 Å². The molecule has 3 aromatic rings. The van der Waals surface area contributed by atoms with E-state index in [2.05, 4.69) is 26.2 Å². The van der Waals surface area contributed by atoms with Gasteiger partial charge in [0.05, 0.1) is 6.61 Å². The fourth-order valence-corrected chi connectivity index (χ4v) is 4.01. The first-order valence-corrected chi connectivity index (χ1v) is 12.3. The smallest absolute Gasteiger partial charge is 0.262 e. The minimum Gasteiger partial charge on any atom is -0.490 e. The molecule has 34 heavy (non-hydrogen) atoms. The molecule has 0 fully saturated rings. The molecule has 0 unspecified atom stereocenters. The van der Waals surface area contributed by atoms with Crippen molar-refractivity contribution in [2.24, 2.45) is 7.05 Å². The number of ether oxygens (including phenoxy) is 2. The van der Waals surface area contributed by atoms with Crippen LogP contribution in [0.25, 0.3) is 0 Å². The molecule has 1 amide bonds. The van der Waals surface area contributed by atoms with Crippen molar-refractivity contribution in [1.82, 2.24) is 25.5 Å². The van der Waals surface area contributed by atoms with E-state index in [9.17, 15) is 4.79 Å². The molecule has 9 nitrogen and oxygen atoms in total. The lowest BCUT2D eigenvalue weighted by Gasteiger charge is -2.15. The van der Waals surface area contributed by atoms with E-state index in [0.29, 0.717) is 29.7 Å². The number of anilines is 1. The molecule has 0 saturated carbocycles. The van der Waals surface area contributed by atoms with Gasteiger partial charge in [0.1, 0.15) is 0 Å². The van der Waals surface area contributed by atoms with Crippen molar-refractivity contribution in [3.05, 3.63) is 52.5 Å². The summed E-state index contributed by atoms with van der Waals surface area (Å²) in [6.07, 6.45) is 0.949. The van der Waals surface area contributed by atoms with Gasteiger partial charge in [0, 0.05) is 36.1 Å². The Bertz CT molecular complexity index is 1080. The topological polar surface area (TPSA) is 103 Å². The van der Waals surface area contributed by atoms with Crippen LogP contribution in [0.4, 0.5) is 5.69 Å². The highest BCUT2D eigenvalue weighted by atomic mass is 35.5. The summed E-state index contributed by atoms with van der Waals surface area (Å²) >= 11 is 8.10. The summed E-state index contributed by atoms with van der Waals surface area (Å²) in [5.74, 6) is 1.62. The molecule has 3 rings (SSSR count). The number of thioether (sulfide) groups is 1. The second-order valence-corrected chi connectivity index (χ2v) is 8.96. The summed E-state index contributed by atoms with van der Waals surface area (Å²) in [7, 11) is 1.82. The van der Waals surface area contributed by atoms with Gasteiger partial charge >= 0.3 is 0 Å². The average Bonchev–Trinajstić information content (AvgIpc) is 3.23. The fraction of sp³-hybridized carbons (Fsp3) is 0.391. The van der Waals surface area contributed by atoms with Crippen LogP contribution < -0.4 is 20.1 Å². The summed E-state index contributed by atoms with van der Waals surface area (Å²) in [6.45, 7) is 5.60. The number of tetrazole rings is 1. The first-order valence-electron chi connectivity index (χ1n) is 11.0. The quantitative estimate of drug-likeness (QED) is 0.267. The van der Waals surface area contributed by atoms with Gasteiger partial charge in [-0.15, -0.1) is 5.10 Å². The minimum atomic E-state index is -0.261. The molecule has 2 N–H and O–H groups in total. The number of benzene rings is 2. The zero-order valence-electron chi connectivity index (χ0n) is 19.5. The van der Waals surface area contributed by atoms with Gasteiger partial charge in [-0.05, 0) is 61.0 Å². The van der Waals surface area contributed by atoms with Crippen molar-refractivity contribution >= 4 is 35.0 Å². The van der Waals surface area contributed by atoms with Crippen molar-refractivity contribution < 1.29 is 14.3 Å². The van der Waals surface area contributed by atoms with Crippen molar-refractivity contribution in [3.63, 3.8) is 0 Å². The Morgan fingerprint density at radius 1 is 1.18 bits per heavy atom. The second kappa shape index (κ2) is 13.2. The molecule has 0 radical (unpaired) electrons. The Hall–Kier alpha value is -2.82. The first kappa shape index (κ1) is 25.8. The highest BCUT2D eigenvalue weighted by Gasteiger charge is 2.13. The Morgan fingerprint density at radius 2 is 1.94 bits per heavy atom. The number of nitrogens with zero attached hydrogens (tertiary/aromatic N) is 4. The standard InChI is InChI=1S/C23H29ClN6O3S/c1-4-32-20-12-17(14-25-10-5-11-34-23-27-28-29-30(23)3)19(24)13-21(20)33-15-22(31)26-18-8-6-16(2)7-9-18/h6-9,12-13,25H,4-5,10-11,14-15H2,1-3H3,(H,26,31). The first-order chi connectivity index (χ1) is 16.5. The van der Waals surface area contributed by atoms with E-state index in [0.717, 1.165) is 40.7 Å². The summed E-state index contributed by atoms with van der Waals surface area (Å²) < 4.78 is 13.1. The molecule has 0 spiro atoms. The third-order valence-electron chi connectivity index (χ3n) is 4.73. The lowest BCUT2D eigenvalue weighted by Crippen LogP contribution is -2.20. The van der Waals surface area contributed by atoms with Gasteiger partial charge in [-0.25, -0.2) is 4.68 Å². The van der Waals surface area contributed by atoms with Crippen LogP contribution in [0.1, 0.15) is 24.5 Å². The monoisotopic (exact) mass is 504 g/mol. The summed E-state index contributed by atoms with van der Waals surface area (Å²) in [5.41, 5.74) is 2.74. The minimum absolute atomic E-state index is 0.152. The molecule has 1 aromatic heterocycles. The molecule has 2 aromatic carbocycles. The normalized spacial score (nSPS) is 10.8. The molecule has 0 bridgehead atoms. The molecular weight excluding hydrogens is 476 g/mol. The largest absolute Gasteiger partial charge is 0.490 e. The predicted molar refractivity (Wildman–Crippen MR) is 134 cm³/mol. The maximum absolute atomic E-state index is 12.3. The highest BCUT2D eigenvalue weighted by molar-refractivity contribution is 7.99. The molecule has 0 aliphatic rings. The second-order valence-electron chi connectivity index (χ2n) is 7.49. The molecule has 1 heterocycles. The van der Waals surface area contributed by atoms with Crippen LogP contribution in [0.2, 0.25) is 5.02 Å². The molecule has 0 saturated heterocycles. The molecule has 0 aliphatic heterocycles. The molecule has 11 heteroatoms. The van der Waals surface area contributed by atoms with Crippen LogP contribution in [-0.2, 0) is 18.4 Å². The zero-order chi connectivity index (χ0) is 24.3. The molecular formula is C23H29ClN6O3S. The van der Waals surface area contributed by atoms with E-state index in [1.165, 1.54) is 0 Å². The number of hydrogen-bond donors (Lipinski definition) is 2. The Morgan fingerprint density at radius 3 is 2.65 bits per heavy atom. The number of nitrogens with one attached hydrogen (secondary N) is 2. The van der Waals surface area contributed by atoms with Gasteiger partial charge in [-0.1, -0.05) is 41.1 Å². The number of hydrogen-bond acceptors (Lipinski definition) is 8. The predicted octanol–water partition coefficient (Wildman–Crippen LogP) is 3.86. The third-order valence-corrected chi connectivity index (χ3v) is 6.18. The van der Waals surface area contributed by atoms with Crippen molar-refractivity contribution in [2.45, 2.75) is 32.0 Å². The Labute approximate surface area is 208 Å². The Balaban J connectivity index is 1.48. The third kappa shape index (κ3) is 7.89. The lowest BCUT2D eigenvalue weighted by atomic mass is 10.2. The van der Waals surface area contributed by atoms with Gasteiger partial charge in [-0.3, -0.25) is 4.79 Å². The Kier molecular flexibility index (Phi) is 9.99. The van der Waals surface area contributed by atoms with Crippen LogP contribution in [0, 0.1) is 6.92 Å². The number of rotatable bonds is 13. The number of carbonyl (C=O) groups excluding carboxylic acids is 1. The van der Waals surface area contributed by atoms with Crippen LogP contribution >= 0.6 is 23.4 Å². The van der Waals surface area contributed by atoms with Crippen molar-refractivity contribution in [3.8, 4) is 11.5 Å². The summed E-state index contributed by atoms with van der Waals surface area (Å²) in [4.78, 5) is 12.3. The highest BCUT2D eigenvalue weighted by Crippen LogP contribution is 2.33.